The van der Waals surface area contributed by atoms with E-state index in [1.807, 2.05) is 12.1 Å². The Bertz CT molecular complexity index is 858. The smallest absolute Gasteiger partial charge is 0.254 e. The topological polar surface area (TPSA) is 95.7 Å². The molecule has 142 valence electrons. The summed E-state index contributed by atoms with van der Waals surface area (Å²) in [6.45, 7) is 0.388. The van der Waals surface area contributed by atoms with Crippen molar-refractivity contribution in [3.63, 3.8) is 0 Å². The number of nitrogens with one attached hydrogen (secondary N) is 1. The highest BCUT2D eigenvalue weighted by Crippen LogP contribution is 2.24. The van der Waals surface area contributed by atoms with Gasteiger partial charge < -0.3 is 21.1 Å². The number of amides is 2. The van der Waals surface area contributed by atoms with Crippen molar-refractivity contribution in [2.24, 2.45) is 0 Å². The molecular formula is C19H19Cl2N3O3. The highest BCUT2D eigenvalue weighted by atomic mass is 35.5. The van der Waals surface area contributed by atoms with E-state index in [1.165, 1.54) is 17.0 Å². The summed E-state index contributed by atoms with van der Waals surface area (Å²) in [5, 5.41) is 13.8. The Kier molecular flexibility index (Phi) is 5.89. The normalized spacial score (nSPS) is 19.1. The number of likely N-dealkylation sites (tertiary alicyclic amines) is 1. The number of β-amino-alcohol motifs (C(OH)–C–C–N with tert-alkyl or cyclic N) is 1. The standard InChI is InChI=1S/C19H19Cl2N3O3/c20-13-4-1-11(2-5-13)9-23-18(26)17-8-14(25)10-24(17)19(27)12-3-6-15(21)16(22)7-12/h1-7,14,17,25H,8-10,22H2,(H,23,26)/t14-,17+/m1/s1. The molecule has 0 saturated carbocycles. The zero-order chi connectivity index (χ0) is 19.6. The highest BCUT2D eigenvalue weighted by Gasteiger charge is 2.39. The maximum atomic E-state index is 12.8. The Labute approximate surface area is 166 Å². The van der Waals surface area contributed by atoms with E-state index in [-0.39, 0.29) is 30.5 Å². The van der Waals surface area contributed by atoms with Crippen LogP contribution in [0.15, 0.2) is 42.5 Å². The Morgan fingerprint density at radius 2 is 1.89 bits per heavy atom. The van der Waals surface area contributed by atoms with Crippen molar-refractivity contribution in [1.29, 1.82) is 0 Å². The Morgan fingerprint density at radius 3 is 2.56 bits per heavy atom. The molecule has 0 aliphatic carbocycles. The number of halogens is 2. The second-order valence-electron chi connectivity index (χ2n) is 6.44. The molecule has 0 bridgehead atoms. The van der Waals surface area contributed by atoms with Gasteiger partial charge in [-0.25, -0.2) is 0 Å². The number of nitrogens with zero attached hydrogens (tertiary/aromatic N) is 1. The van der Waals surface area contributed by atoms with Crippen LogP contribution >= 0.6 is 23.2 Å². The number of carbonyl (C=O) groups is 2. The van der Waals surface area contributed by atoms with Crippen LogP contribution < -0.4 is 11.1 Å². The summed E-state index contributed by atoms with van der Waals surface area (Å²) in [7, 11) is 0. The summed E-state index contributed by atoms with van der Waals surface area (Å²) < 4.78 is 0. The molecule has 4 N–H and O–H groups in total. The number of nitrogen functional groups attached to an aromatic ring is 1. The molecule has 27 heavy (non-hydrogen) atoms. The molecule has 6 nitrogen and oxygen atoms in total. The number of hydrogen-bond acceptors (Lipinski definition) is 4. The van der Waals surface area contributed by atoms with Crippen molar-refractivity contribution in [2.45, 2.75) is 25.1 Å². The molecule has 0 aromatic heterocycles. The van der Waals surface area contributed by atoms with Gasteiger partial charge >= 0.3 is 0 Å². The molecule has 2 aromatic carbocycles. The fourth-order valence-corrected chi connectivity index (χ4v) is 3.28. The van der Waals surface area contributed by atoms with E-state index in [4.69, 9.17) is 28.9 Å². The quantitative estimate of drug-likeness (QED) is 0.678. The lowest BCUT2D eigenvalue weighted by atomic mass is 10.1. The van der Waals surface area contributed by atoms with Crippen LogP contribution in [0.5, 0.6) is 0 Å². The van der Waals surface area contributed by atoms with Crippen LogP contribution in [0.2, 0.25) is 10.0 Å². The first-order valence-corrected chi connectivity index (χ1v) is 9.17. The predicted octanol–water partition coefficient (Wildman–Crippen LogP) is 2.47. The van der Waals surface area contributed by atoms with Crippen molar-refractivity contribution in [3.8, 4) is 0 Å². The van der Waals surface area contributed by atoms with Crippen LogP contribution in [0.3, 0.4) is 0 Å². The van der Waals surface area contributed by atoms with Gasteiger partial charge in [-0.05, 0) is 35.9 Å². The van der Waals surface area contributed by atoms with Gasteiger partial charge in [0.1, 0.15) is 6.04 Å². The lowest BCUT2D eigenvalue weighted by Gasteiger charge is -2.24. The number of rotatable bonds is 4. The lowest BCUT2D eigenvalue weighted by Crippen LogP contribution is -2.45. The van der Waals surface area contributed by atoms with E-state index in [1.54, 1.807) is 18.2 Å². The van der Waals surface area contributed by atoms with E-state index < -0.39 is 12.1 Å². The molecule has 1 heterocycles. The van der Waals surface area contributed by atoms with Gasteiger partial charge in [-0.15, -0.1) is 0 Å². The minimum absolute atomic E-state index is 0.0837. The second kappa shape index (κ2) is 8.17. The number of nitrogens with two attached hydrogens (primary N) is 1. The summed E-state index contributed by atoms with van der Waals surface area (Å²) in [5.41, 5.74) is 7.25. The molecule has 1 saturated heterocycles. The van der Waals surface area contributed by atoms with Gasteiger partial charge in [0.15, 0.2) is 0 Å². The van der Waals surface area contributed by atoms with Crippen LogP contribution in [-0.2, 0) is 11.3 Å². The fraction of sp³-hybridized carbons (Fsp3) is 0.263. The van der Waals surface area contributed by atoms with Crippen LogP contribution in [0.25, 0.3) is 0 Å². The van der Waals surface area contributed by atoms with Crippen LogP contribution in [-0.4, -0.2) is 40.5 Å². The SMILES string of the molecule is Nc1cc(C(=O)N2C[C@H](O)C[C@H]2C(=O)NCc2ccc(Cl)cc2)ccc1Cl. The summed E-state index contributed by atoms with van der Waals surface area (Å²) in [6, 6.07) is 10.9. The van der Waals surface area contributed by atoms with Crippen LogP contribution in [0.4, 0.5) is 5.69 Å². The molecule has 1 aliphatic rings. The van der Waals surface area contributed by atoms with Gasteiger partial charge in [-0.1, -0.05) is 35.3 Å². The van der Waals surface area contributed by atoms with Crippen molar-refractivity contribution in [3.05, 3.63) is 63.6 Å². The number of benzene rings is 2. The van der Waals surface area contributed by atoms with E-state index in [0.29, 0.717) is 22.2 Å². The minimum Gasteiger partial charge on any atom is -0.398 e. The van der Waals surface area contributed by atoms with E-state index >= 15 is 0 Å². The molecule has 3 rings (SSSR count). The first-order valence-electron chi connectivity index (χ1n) is 8.41. The molecular weight excluding hydrogens is 389 g/mol. The van der Waals surface area contributed by atoms with Gasteiger partial charge in [0.25, 0.3) is 5.91 Å². The third-order valence-electron chi connectivity index (χ3n) is 4.47. The largest absolute Gasteiger partial charge is 0.398 e. The maximum absolute atomic E-state index is 12.8. The minimum atomic E-state index is -0.759. The van der Waals surface area contributed by atoms with Crippen LogP contribution in [0.1, 0.15) is 22.3 Å². The summed E-state index contributed by atoms with van der Waals surface area (Å²) in [4.78, 5) is 26.8. The number of aliphatic hydroxyl groups is 1. The highest BCUT2D eigenvalue weighted by molar-refractivity contribution is 6.33. The molecule has 1 aliphatic heterocycles. The van der Waals surface area contributed by atoms with Crippen molar-refractivity contribution >= 4 is 40.7 Å². The third kappa shape index (κ3) is 4.53. The molecule has 8 heteroatoms. The lowest BCUT2D eigenvalue weighted by molar-refractivity contribution is -0.125. The molecule has 0 radical (unpaired) electrons. The number of anilines is 1. The average molecular weight is 408 g/mol. The van der Waals surface area contributed by atoms with Crippen molar-refractivity contribution < 1.29 is 14.7 Å². The van der Waals surface area contributed by atoms with Crippen molar-refractivity contribution in [1.82, 2.24) is 10.2 Å². The average Bonchev–Trinajstić information content (AvgIpc) is 3.04. The number of carbonyl (C=O) groups excluding carboxylic acids is 2. The Morgan fingerprint density at radius 1 is 1.19 bits per heavy atom. The predicted molar refractivity (Wildman–Crippen MR) is 105 cm³/mol. The summed E-state index contributed by atoms with van der Waals surface area (Å²) >= 11 is 11.7. The summed E-state index contributed by atoms with van der Waals surface area (Å²) in [6.07, 6.45) is -0.578. The van der Waals surface area contributed by atoms with Gasteiger partial charge in [-0.3, -0.25) is 9.59 Å². The van der Waals surface area contributed by atoms with Crippen molar-refractivity contribution in [2.75, 3.05) is 12.3 Å². The first-order chi connectivity index (χ1) is 12.8. The Hall–Kier alpha value is -2.28. The number of hydrogen-bond donors (Lipinski definition) is 3. The molecule has 2 amide bonds. The zero-order valence-corrected chi connectivity index (χ0v) is 15.9. The molecule has 0 spiro atoms. The van der Waals surface area contributed by atoms with E-state index in [9.17, 15) is 14.7 Å². The molecule has 0 unspecified atom stereocenters. The maximum Gasteiger partial charge on any atom is 0.254 e. The van der Waals surface area contributed by atoms with Gasteiger partial charge in [0.2, 0.25) is 5.91 Å². The zero-order valence-electron chi connectivity index (χ0n) is 14.4. The van der Waals surface area contributed by atoms with Gasteiger partial charge in [0.05, 0.1) is 16.8 Å². The molecule has 2 atom stereocenters. The van der Waals surface area contributed by atoms with E-state index in [2.05, 4.69) is 5.32 Å². The van der Waals surface area contributed by atoms with Crippen LogP contribution in [0, 0.1) is 0 Å². The van der Waals surface area contributed by atoms with Gasteiger partial charge in [0, 0.05) is 30.1 Å². The van der Waals surface area contributed by atoms with Gasteiger partial charge in [-0.2, -0.15) is 0 Å². The first kappa shape index (κ1) is 19.5. The molecule has 2 aromatic rings. The third-order valence-corrected chi connectivity index (χ3v) is 5.06. The Balaban J connectivity index is 1.70. The summed E-state index contributed by atoms with van der Waals surface area (Å²) in [5.74, 6) is -0.696. The monoisotopic (exact) mass is 407 g/mol. The second-order valence-corrected chi connectivity index (χ2v) is 7.29. The fourth-order valence-electron chi connectivity index (χ4n) is 3.04. The van der Waals surface area contributed by atoms with E-state index in [0.717, 1.165) is 5.56 Å². The number of aliphatic hydroxyl groups excluding tert-OH is 1. The molecule has 1 fully saturated rings.